The second-order valence-corrected chi connectivity index (χ2v) is 4.09. The number of sulfonamides is 1. The number of rotatable bonds is 3. The Labute approximate surface area is 79.7 Å². The third kappa shape index (κ3) is 2.33. The number of hydrazine groups is 1. The van der Waals surface area contributed by atoms with Crippen LogP contribution in [0.25, 0.3) is 0 Å². The Morgan fingerprint density at radius 3 is 2.57 bits per heavy atom. The molecule has 1 aromatic carbocycles. The summed E-state index contributed by atoms with van der Waals surface area (Å²) in [5.74, 6) is 0. The molecule has 0 atom stereocenters. The van der Waals surface area contributed by atoms with E-state index >= 15 is 0 Å². The third-order valence-electron chi connectivity index (χ3n) is 1.36. The van der Waals surface area contributed by atoms with Crippen molar-refractivity contribution in [3.8, 4) is 0 Å². The molecule has 76 valence electrons. The molecule has 0 saturated carbocycles. The van der Waals surface area contributed by atoms with Crippen LogP contribution in [-0.4, -0.2) is 13.5 Å². The van der Waals surface area contributed by atoms with Crippen LogP contribution in [0, 0.1) is 10.1 Å². The zero-order valence-electron chi connectivity index (χ0n) is 6.88. The largest absolute Gasteiger partial charge is 0.399 e. The number of nitrogens with one attached hydrogen (secondary N) is 1. The van der Waals surface area contributed by atoms with E-state index in [0.29, 0.717) is 0 Å². The Bertz CT molecular complexity index is 456. The molecule has 0 spiro atoms. The first-order valence-corrected chi connectivity index (χ1v) is 4.92. The molecule has 0 aliphatic carbocycles. The van der Waals surface area contributed by atoms with Gasteiger partial charge in [-0.05, 0) is 23.0 Å². The van der Waals surface area contributed by atoms with Crippen molar-refractivity contribution in [2.24, 2.45) is 0 Å². The summed E-state index contributed by atoms with van der Waals surface area (Å²) in [6, 6.07) is 5.21. The van der Waals surface area contributed by atoms with Gasteiger partial charge in [-0.2, -0.15) is 8.42 Å². The molecule has 8 heteroatoms. The van der Waals surface area contributed by atoms with Gasteiger partial charge in [-0.15, -0.1) is 0 Å². The fraction of sp³-hybridized carbons (Fsp3) is 0. The third-order valence-corrected chi connectivity index (χ3v) is 2.63. The van der Waals surface area contributed by atoms with Crippen LogP contribution in [0.1, 0.15) is 0 Å². The first-order chi connectivity index (χ1) is 6.42. The van der Waals surface area contributed by atoms with E-state index in [1.54, 1.807) is 0 Å². The highest BCUT2D eigenvalue weighted by molar-refractivity contribution is 7.89. The standard InChI is InChI=1S/C6H7N3O4S/c7-5-2-1-3-6(4-5)14(12,13)8-9(10)11/h1-4,8H,7H2. The monoisotopic (exact) mass is 217 g/mol. The summed E-state index contributed by atoms with van der Waals surface area (Å²) in [4.78, 5) is 10.9. The van der Waals surface area contributed by atoms with E-state index in [1.165, 1.54) is 23.0 Å². The average Bonchev–Trinajstić information content (AvgIpc) is 2.01. The van der Waals surface area contributed by atoms with E-state index in [0.717, 1.165) is 6.07 Å². The van der Waals surface area contributed by atoms with Crippen LogP contribution in [0.3, 0.4) is 0 Å². The molecule has 0 aromatic heterocycles. The molecule has 0 saturated heterocycles. The van der Waals surface area contributed by atoms with Crippen molar-refractivity contribution in [1.29, 1.82) is 0 Å². The highest BCUT2D eigenvalue weighted by Crippen LogP contribution is 2.11. The van der Waals surface area contributed by atoms with E-state index in [2.05, 4.69) is 0 Å². The van der Waals surface area contributed by atoms with Gasteiger partial charge >= 0.3 is 10.0 Å². The normalized spacial score (nSPS) is 10.9. The fourth-order valence-electron chi connectivity index (χ4n) is 0.833. The molecule has 0 fully saturated rings. The SMILES string of the molecule is Nc1cccc(S(=O)(=O)N[N+](=O)[O-])c1. The first kappa shape index (κ1) is 10.3. The van der Waals surface area contributed by atoms with Crippen LogP contribution in [0.4, 0.5) is 5.69 Å². The average molecular weight is 217 g/mol. The predicted octanol–water partition coefficient (Wildman–Crippen LogP) is -0.261. The maximum Gasteiger partial charge on any atom is 0.311 e. The van der Waals surface area contributed by atoms with Crippen molar-refractivity contribution in [2.45, 2.75) is 4.90 Å². The van der Waals surface area contributed by atoms with Crippen LogP contribution in [0.2, 0.25) is 0 Å². The Hall–Kier alpha value is -1.83. The van der Waals surface area contributed by atoms with Gasteiger partial charge in [0.05, 0.1) is 4.90 Å². The molecule has 3 N–H and O–H groups in total. The Morgan fingerprint density at radius 1 is 1.43 bits per heavy atom. The van der Waals surface area contributed by atoms with Crippen molar-refractivity contribution in [2.75, 3.05) is 5.73 Å². The van der Waals surface area contributed by atoms with Gasteiger partial charge in [-0.3, -0.25) is 0 Å². The van der Waals surface area contributed by atoms with Crippen LogP contribution < -0.4 is 10.6 Å². The van der Waals surface area contributed by atoms with Crippen LogP contribution >= 0.6 is 0 Å². The molecule has 0 bridgehead atoms. The number of nitrogens with two attached hydrogens (primary N) is 1. The number of nitro groups is 1. The topological polar surface area (TPSA) is 115 Å². The maximum atomic E-state index is 11.2. The predicted molar refractivity (Wildman–Crippen MR) is 48.2 cm³/mol. The van der Waals surface area contributed by atoms with Crippen LogP contribution in [-0.2, 0) is 10.0 Å². The summed E-state index contributed by atoms with van der Waals surface area (Å²) >= 11 is 0. The van der Waals surface area contributed by atoms with Gasteiger partial charge in [0.2, 0.25) is 0 Å². The summed E-state index contributed by atoms with van der Waals surface area (Å²) in [5.41, 5.74) is 5.54. The molecule has 0 aliphatic rings. The molecule has 1 aromatic rings. The zero-order valence-corrected chi connectivity index (χ0v) is 7.69. The van der Waals surface area contributed by atoms with Crippen molar-refractivity contribution in [1.82, 2.24) is 4.83 Å². The van der Waals surface area contributed by atoms with Crippen LogP contribution in [0.5, 0.6) is 0 Å². The zero-order chi connectivity index (χ0) is 10.8. The number of hydrogen-bond acceptors (Lipinski definition) is 5. The lowest BCUT2D eigenvalue weighted by molar-refractivity contribution is -0.518. The number of hydrogen-bond donors (Lipinski definition) is 2. The second-order valence-electron chi connectivity index (χ2n) is 2.42. The molecule has 14 heavy (non-hydrogen) atoms. The molecular weight excluding hydrogens is 210 g/mol. The Morgan fingerprint density at radius 2 is 2.07 bits per heavy atom. The lowest BCUT2D eigenvalue weighted by Gasteiger charge is -2.00. The minimum atomic E-state index is -4.11. The van der Waals surface area contributed by atoms with Crippen molar-refractivity contribution < 1.29 is 13.5 Å². The second kappa shape index (κ2) is 3.50. The number of nitrogens with zero attached hydrogens (tertiary/aromatic N) is 1. The summed E-state index contributed by atoms with van der Waals surface area (Å²) in [5, 5.41) is 8.82. The quantitative estimate of drug-likeness (QED) is 0.411. The maximum absolute atomic E-state index is 11.2. The number of nitrogen functional groups attached to an aromatic ring is 1. The first-order valence-electron chi connectivity index (χ1n) is 3.44. The summed E-state index contributed by atoms with van der Waals surface area (Å²) in [6.07, 6.45) is 0. The smallest absolute Gasteiger partial charge is 0.311 e. The van der Waals surface area contributed by atoms with Gasteiger partial charge < -0.3 is 5.73 Å². The summed E-state index contributed by atoms with van der Waals surface area (Å²) in [6.45, 7) is 0. The van der Waals surface area contributed by atoms with Gasteiger partial charge in [-0.1, -0.05) is 6.07 Å². The van der Waals surface area contributed by atoms with Gasteiger partial charge in [0.25, 0.3) is 0 Å². The van der Waals surface area contributed by atoms with E-state index in [-0.39, 0.29) is 10.6 Å². The van der Waals surface area contributed by atoms with Gasteiger partial charge in [-0.25, -0.2) is 10.1 Å². The van der Waals surface area contributed by atoms with Gasteiger partial charge in [0.1, 0.15) is 0 Å². The number of anilines is 1. The summed E-state index contributed by atoms with van der Waals surface area (Å²) < 4.78 is 22.4. The van der Waals surface area contributed by atoms with E-state index in [1.807, 2.05) is 0 Å². The minimum absolute atomic E-state index is 0.219. The minimum Gasteiger partial charge on any atom is -0.399 e. The van der Waals surface area contributed by atoms with Crippen molar-refractivity contribution >= 4 is 15.7 Å². The van der Waals surface area contributed by atoms with Gasteiger partial charge in [0.15, 0.2) is 5.03 Å². The molecular formula is C6H7N3O4S. The Balaban J connectivity index is 3.11. The molecule has 7 nitrogen and oxygen atoms in total. The fourth-order valence-corrected chi connectivity index (χ4v) is 1.68. The van der Waals surface area contributed by atoms with Gasteiger partial charge in [0, 0.05) is 5.69 Å². The number of benzene rings is 1. The lowest BCUT2D eigenvalue weighted by atomic mass is 10.3. The molecule has 0 radical (unpaired) electrons. The van der Waals surface area contributed by atoms with E-state index in [9.17, 15) is 18.5 Å². The van der Waals surface area contributed by atoms with E-state index < -0.39 is 15.1 Å². The van der Waals surface area contributed by atoms with Crippen molar-refractivity contribution in [3.63, 3.8) is 0 Å². The van der Waals surface area contributed by atoms with Crippen LogP contribution in [0.15, 0.2) is 29.2 Å². The van der Waals surface area contributed by atoms with Crippen molar-refractivity contribution in [3.05, 3.63) is 34.4 Å². The molecule has 0 aliphatic heterocycles. The molecule has 1 rings (SSSR count). The summed E-state index contributed by atoms with van der Waals surface area (Å²) in [7, 11) is -4.11. The molecule has 0 amide bonds. The van der Waals surface area contributed by atoms with E-state index in [4.69, 9.17) is 5.73 Å². The highest BCUT2D eigenvalue weighted by atomic mass is 32.2. The highest BCUT2D eigenvalue weighted by Gasteiger charge is 2.18. The Kier molecular flexibility index (Phi) is 2.56. The molecule has 0 heterocycles. The molecule has 0 unspecified atom stereocenters. The lowest BCUT2D eigenvalue weighted by Crippen LogP contribution is -2.29.